The molecule has 0 fully saturated rings. The molecule has 34 heavy (non-hydrogen) atoms. The summed E-state index contributed by atoms with van der Waals surface area (Å²) in [6.45, 7) is 7.76. The van der Waals surface area contributed by atoms with Gasteiger partial charge in [0.1, 0.15) is 18.3 Å². The number of nitrogens with one attached hydrogen (secondary N) is 1. The number of ether oxygens (including phenoxy) is 3. The third-order valence-corrected chi connectivity index (χ3v) is 7.05. The van der Waals surface area contributed by atoms with E-state index in [0.29, 0.717) is 23.1 Å². The van der Waals surface area contributed by atoms with Crippen molar-refractivity contribution < 1.29 is 28.2 Å². The maximum absolute atomic E-state index is 13.7. The highest BCUT2D eigenvalue weighted by Crippen LogP contribution is 2.25. The van der Waals surface area contributed by atoms with Crippen LogP contribution in [0.3, 0.4) is 0 Å². The van der Waals surface area contributed by atoms with Gasteiger partial charge in [0.05, 0.1) is 37.1 Å². The van der Waals surface area contributed by atoms with Crippen LogP contribution in [0, 0.1) is 5.82 Å². The van der Waals surface area contributed by atoms with Crippen molar-refractivity contribution >= 4 is 30.9 Å². The topological polar surface area (TPSA) is 91.7 Å². The van der Waals surface area contributed by atoms with Crippen LogP contribution < -0.4 is 10.1 Å². The van der Waals surface area contributed by atoms with Crippen molar-refractivity contribution in [2.24, 2.45) is 0 Å². The smallest absolute Gasteiger partial charge is 0.338 e. The molecule has 1 aromatic heterocycles. The lowest BCUT2D eigenvalue weighted by Gasteiger charge is -2.16. The van der Waals surface area contributed by atoms with Crippen LogP contribution in [0.15, 0.2) is 36.5 Å². The van der Waals surface area contributed by atoms with E-state index in [1.807, 2.05) is 0 Å². The number of carbonyl (C=O) groups is 2. The maximum Gasteiger partial charge on any atom is 0.338 e. The monoisotopic (exact) mass is 487 g/mol. The van der Waals surface area contributed by atoms with Gasteiger partial charge in [0.2, 0.25) is 0 Å². The lowest BCUT2D eigenvalue weighted by atomic mass is 10.1. The fourth-order valence-electron chi connectivity index (χ4n) is 3.46. The van der Waals surface area contributed by atoms with Gasteiger partial charge in [-0.15, -0.1) is 0 Å². The average Bonchev–Trinajstić information content (AvgIpc) is 3.23. The Labute approximate surface area is 199 Å². The SMILES string of the molecule is COC(=O)c1ccc(CNC(=O)c2cc(F)ccc2OC)c2c1cnn2COCC[Si](C)(C)C. The van der Waals surface area contributed by atoms with Gasteiger partial charge in [0.15, 0.2) is 0 Å². The van der Waals surface area contributed by atoms with Gasteiger partial charge < -0.3 is 19.5 Å². The van der Waals surface area contributed by atoms with Crippen molar-refractivity contribution in [3.8, 4) is 5.75 Å². The van der Waals surface area contributed by atoms with Gasteiger partial charge in [-0.25, -0.2) is 13.9 Å². The molecule has 182 valence electrons. The van der Waals surface area contributed by atoms with Crippen LogP contribution in [-0.4, -0.2) is 50.6 Å². The summed E-state index contributed by atoms with van der Waals surface area (Å²) >= 11 is 0. The molecule has 0 aliphatic rings. The van der Waals surface area contributed by atoms with Gasteiger partial charge in [0.25, 0.3) is 5.91 Å². The Kier molecular flexibility index (Phi) is 8.05. The minimum Gasteiger partial charge on any atom is -0.496 e. The highest BCUT2D eigenvalue weighted by atomic mass is 28.3. The summed E-state index contributed by atoms with van der Waals surface area (Å²) in [6, 6.07) is 8.14. The van der Waals surface area contributed by atoms with E-state index in [1.54, 1.807) is 23.0 Å². The van der Waals surface area contributed by atoms with Crippen LogP contribution in [0.5, 0.6) is 5.75 Å². The second kappa shape index (κ2) is 10.8. The van der Waals surface area contributed by atoms with E-state index in [-0.39, 0.29) is 24.6 Å². The number of hydrogen-bond acceptors (Lipinski definition) is 6. The summed E-state index contributed by atoms with van der Waals surface area (Å²) < 4.78 is 31.3. The maximum atomic E-state index is 13.7. The Balaban J connectivity index is 1.87. The lowest BCUT2D eigenvalue weighted by molar-refractivity contribution is 0.0602. The first-order valence-corrected chi connectivity index (χ1v) is 14.6. The Morgan fingerprint density at radius 3 is 2.56 bits per heavy atom. The molecule has 0 saturated carbocycles. The fraction of sp³-hybridized carbons (Fsp3) is 0.375. The number of halogens is 1. The summed E-state index contributed by atoms with van der Waals surface area (Å²) in [6.07, 6.45) is 1.59. The molecule has 3 aromatic rings. The molecule has 0 aliphatic carbocycles. The zero-order valence-corrected chi connectivity index (χ0v) is 21.1. The van der Waals surface area contributed by atoms with Crippen LogP contribution in [0.1, 0.15) is 26.3 Å². The molecule has 0 bridgehead atoms. The Hall–Kier alpha value is -3.24. The van der Waals surface area contributed by atoms with Crippen LogP contribution >= 0.6 is 0 Å². The Morgan fingerprint density at radius 1 is 1.12 bits per heavy atom. The molecule has 1 amide bonds. The van der Waals surface area contributed by atoms with Crippen molar-refractivity contribution in [2.75, 3.05) is 20.8 Å². The highest BCUT2D eigenvalue weighted by molar-refractivity contribution is 6.76. The van der Waals surface area contributed by atoms with Gasteiger partial charge >= 0.3 is 5.97 Å². The summed E-state index contributed by atoms with van der Waals surface area (Å²) in [5.41, 5.74) is 1.83. The van der Waals surface area contributed by atoms with Gasteiger partial charge in [-0.2, -0.15) is 5.10 Å². The van der Waals surface area contributed by atoms with E-state index >= 15 is 0 Å². The molecule has 0 saturated heterocycles. The zero-order chi connectivity index (χ0) is 24.9. The van der Waals surface area contributed by atoms with Crippen molar-refractivity contribution in [1.29, 1.82) is 0 Å². The van der Waals surface area contributed by atoms with E-state index in [9.17, 15) is 14.0 Å². The summed E-state index contributed by atoms with van der Waals surface area (Å²) in [7, 11) is 1.49. The average molecular weight is 488 g/mol. The summed E-state index contributed by atoms with van der Waals surface area (Å²) in [4.78, 5) is 25.0. The Bertz CT molecular complexity index is 1190. The molecular weight excluding hydrogens is 457 g/mol. The van der Waals surface area contributed by atoms with E-state index in [1.165, 1.54) is 26.4 Å². The van der Waals surface area contributed by atoms with Crippen LogP contribution in [0.2, 0.25) is 25.7 Å². The number of fused-ring (bicyclic) bond motifs is 1. The second-order valence-corrected chi connectivity index (χ2v) is 14.7. The molecule has 3 rings (SSSR count). The van der Waals surface area contributed by atoms with Crippen LogP contribution in [0.25, 0.3) is 10.9 Å². The number of hydrogen-bond donors (Lipinski definition) is 1. The molecule has 0 atom stereocenters. The quantitative estimate of drug-likeness (QED) is 0.262. The van der Waals surface area contributed by atoms with Crippen LogP contribution in [-0.2, 0) is 22.7 Å². The van der Waals surface area contributed by atoms with Crippen molar-refractivity contribution in [3.05, 3.63) is 59.0 Å². The number of amides is 1. The molecule has 0 aliphatic heterocycles. The van der Waals surface area contributed by atoms with Crippen molar-refractivity contribution in [3.63, 3.8) is 0 Å². The minimum atomic E-state index is -1.24. The van der Waals surface area contributed by atoms with Crippen LogP contribution in [0.4, 0.5) is 4.39 Å². The number of methoxy groups -OCH3 is 2. The van der Waals surface area contributed by atoms with Gasteiger partial charge in [-0.1, -0.05) is 25.7 Å². The zero-order valence-electron chi connectivity index (χ0n) is 20.1. The van der Waals surface area contributed by atoms with E-state index in [0.717, 1.165) is 17.7 Å². The number of esters is 1. The third-order valence-electron chi connectivity index (χ3n) is 5.35. The number of benzene rings is 2. The van der Waals surface area contributed by atoms with E-state index < -0.39 is 25.8 Å². The fourth-order valence-corrected chi connectivity index (χ4v) is 4.22. The molecule has 0 radical (unpaired) electrons. The number of carbonyl (C=O) groups excluding carboxylic acids is 2. The predicted molar refractivity (Wildman–Crippen MR) is 129 cm³/mol. The van der Waals surface area contributed by atoms with E-state index in [4.69, 9.17) is 14.2 Å². The molecule has 1 heterocycles. The minimum absolute atomic E-state index is 0.0908. The molecule has 0 unspecified atom stereocenters. The molecule has 1 N–H and O–H groups in total. The first-order valence-electron chi connectivity index (χ1n) is 10.9. The molecule has 0 spiro atoms. The number of aromatic nitrogens is 2. The molecule has 10 heteroatoms. The third kappa shape index (κ3) is 6.00. The van der Waals surface area contributed by atoms with Crippen molar-refractivity contribution in [1.82, 2.24) is 15.1 Å². The first-order chi connectivity index (χ1) is 16.1. The van der Waals surface area contributed by atoms with Gasteiger partial charge in [0, 0.05) is 26.6 Å². The largest absolute Gasteiger partial charge is 0.496 e. The highest BCUT2D eigenvalue weighted by Gasteiger charge is 2.19. The molecule has 2 aromatic carbocycles. The normalized spacial score (nSPS) is 11.5. The van der Waals surface area contributed by atoms with Crippen molar-refractivity contribution in [2.45, 2.75) is 39.0 Å². The number of rotatable bonds is 10. The van der Waals surface area contributed by atoms with Gasteiger partial charge in [-0.3, -0.25) is 4.79 Å². The summed E-state index contributed by atoms with van der Waals surface area (Å²) in [5, 5.41) is 7.80. The first kappa shape index (κ1) is 25.4. The Morgan fingerprint density at radius 2 is 1.88 bits per heavy atom. The van der Waals surface area contributed by atoms with Gasteiger partial charge in [-0.05, 0) is 35.9 Å². The lowest BCUT2D eigenvalue weighted by Crippen LogP contribution is -2.24. The molecule has 8 nitrogen and oxygen atoms in total. The predicted octanol–water partition coefficient (Wildman–Crippen LogP) is 4.21. The molecular formula is C24H30FN3O5Si. The standard InChI is InChI=1S/C24H30FN3O5Si/c1-31-21-9-7-17(25)12-19(21)23(29)26-13-16-6-8-18(24(30)32-2)20-14-27-28(22(16)20)15-33-10-11-34(3,4)5/h6-9,12,14H,10-11,13,15H2,1-5H3,(H,26,29). The number of nitrogens with zero attached hydrogens (tertiary/aromatic N) is 2. The summed E-state index contributed by atoms with van der Waals surface area (Å²) in [5.74, 6) is -1.24. The second-order valence-electron chi connectivity index (χ2n) is 9.05. The van der Waals surface area contributed by atoms with E-state index in [2.05, 4.69) is 30.1 Å².